The Morgan fingerprint density at radius 2 is 1.71 bits per heavy atom. The Balaban J connectivity index is 1.55. The van der Waals surface area contributed by atoms with E-state index in [9.17, 15) is 9.90 Å². The van der Waals surface area contributed by atoms with Crippen molar-refractivity contribution >= 4 is 27.6 Å². The SMILES string of the molecule is C[C@](N)(C(=O)O)c1ccc2cc(OCc3ccc4ccccc4n3)ccc2c1. The van der Waals surface area contributed by atoms with E-state index < -0.39 is 11.5 Å². The molecule has 5 nitrogen and oxygen atoms in total. The summed E-state index contributed by atoms with van der Waals surface area (Å²) in [6.07, 6.45) is 0. The lowest BCUT2D eigenvalue weighted by molar-refractivity contribution is -0.143. The van der Waals surface area contributed by atoms with Gasteiger partial charge in [0.15, 0.2) is 0 Å². The molecule has 0 unspecified atom stereocenters. The predicted octanol–water partition coefficient (Wildman–Crippen LogP) is 4.23. The quantitative estimate of drug-likeness (QED) is 0.548. The van der Waals surface area contributed by atoms with Crippen LogP contribution in [-0.4, -0.2) is 16.1 Å². The fourth-order valence-corrected chi connectivity index (χ4v) is 3.11. The Kier molecular flexibility index (Phi) is 4.45. The number of rotatable bonds is 5. The lowest BCUT2D eigenvalue weighted by Gasteiger charge is -2.20. The number of fused-ring (bicyclic) bond motifs is 2. The molecule has 4 rings (SSSR count). The number of para-hydroxylation sites is 1. The third-order valence-corrected chi connectivity index (χ3v) is 4.90. The zero-order chi connectivity index (χ0) is 19.7. The van der Waals surface area contributed by atoms with E-state index in [2.05, 4.69) is 4.98 Å². The first kappa shape index (κ1) is 17.9. The van der Waals surface area contributed by atoms with Crippen LogP contribution in [0.3, 0.4) is 0 Å². The highest BCUT2D eigenvalue weighted by molar-refractivity contribution is 5.87. The van der Waals surface area contributed by atoms with Crippen molar-refractivity contribution in [2.75, 3.05) is 0 Å². The maximum atomic E-state index is 11.4. The van der Waals surface area contributed by atoms with Gasteiger partial charge < -0.3 is 15.6 Å². The molecule has 1 aromatic heterocycles. The minimum absolute atomic E-state index is 0.369. The molecule has 0 bridgehead atoms. The zero-order valence-corrected chi connectivity index (χ0v) is 15.4. The van der Waals surface area contributed by atoms with Crippen LogP contribution in [0.2, 0.25) is 0 Å². The monoisotopic (exact) mass is 372 g/mol. The molecule has 0 saturated heterocycles. The van der Waals surface area contributed by atoms with Gasteiger partial charge in [-0.3, -0.25) is 0 Å². The number of ether oxygens (including phenoxy) is 1. The zero-order valence-electron chi connectivity index (χ0n) is 15.4. The first-order chi connectivity index (χ1) is 13.4. The van der Waals surface area contributed by atoms with Gasteiger partial charge >= 0.3 is 5.97 Å². The normalized spacial score (nSPS) is 13.4. The van der Waals surface area contributed by atoms with E-state index >= 15 is 0 Å². The van der Waals surface area contributed by atoms with Crippen LogP contribution in [-0.2, 0) is 16.9 Å². The van der Waals surface area contributed by atoms with Crippen LogP contribution in [0.1, 0.15) is 18.2 Å². The Morgan fingerprint density at radius 1 is 1.00 bits per heavy atom. The van der Waals surface area contributed by atoms with Crippen LogP contribution in [0, 0.1) is 0 Å². The molecule has 0 fully saturated rings. The van der Waals surface area contributed by atoms with E-state index in [4.69, 9.17) is 10.5 Å². The van der Waals surface area contributed by atoms with Gasteiger partial charge in [-0.2, -0.15) is 0 Å². The third-order valence-electron chi connectivity index (χ3n) is 4.90. The van der Waals surface area contributed by atoms with Crippen molar-refractivity contribution in [1.29, 1.82) is 0 Å². The summed E-state index contributed by atoms with van der Waals surface area (Å²) in [5.74, 6) is -0.335. The molecule has 28 heavy (non-hydrogen) atoms. The van der Waals surface area contributed by atoms with E-state index in [0.29, 0.717) is 12.2 Å². The van der Waals surface area contributed by atoms with Crippen LogP contribution in [0.25, 0.3) is 21.7 Å². The Labute approximate surface area is 162 Å². The fourth-order valence-electron chi connectivity index (χ4n) is 3.11. The molecule has 1 atom stereocenters. The second kappa shape index (κ2) is 6.94. The molecule has 5 heteroatoms. The van der Waals surface area contributed by atoms with Crippen molar-refractivity contribution < 1.29 is 14.6 Å². The number of carbonyl (C=O) groups is 1. The topological polar surface area (TPSA) is 85.4 Å². The molecule has 1 heterocycles. The maximum absolute atomic E-state index is 11.4. The molecule has 0 radical (unpaired) electrons. The number of benzene rings is 3. The molecule has 0 aliphatic rings. The third kappa shape index (κ3) is 3.40. The highest BCUT2D eigenvalue weighted by atomic mass is 16.5. The van der Waals surface area contributed by atoms with Gasteiger partial charge in [-0.1, -0.05) is 42.5 Å². The van der Waals surface area contributed by atoms with E-state index in [0.717, 1.165) is 33.1 Å². The van der Waals surface area contributed by atoms with Crippen LogP contribution >= 0.6 is 0 Å². The van der Waals surface area contributed by atoms with Gasteiger partial charge in [0.25, 0.3) is 0 Å². The number of hydrogen-bond donors (Lipinski definition) is 2. The predicted molar refractivity (Wildman–Crippen MR) is 109 cm³/mol. The number of aromatic nitrogens is 1. The van der Waals surface area contributed by atoms with Crippen LogP contribution in [0.4, 0.5) is 0 Å². The Hall–Kier alpha value is -3.44. The summed E-state index contributed by atoms with van der Waals surface area (Å²) >= 11 is 0. The van der Waals surface area contributed by atoms with Crippen molar-refractivity contribution in [3.8, 4) is 5.75 Å². The van der Waals surface area contributed by atoms with Crippen LogP contribution in [0.15, 0.2) is 72.8 Å². The molecule has 3 N–H and O–H groups in total. The summed E-state index contributed by atoms with van der Waals surface area (Å²) in [5.41, 5.74) is 6.85. The molecule has 0 spiro atoms. The number of nitrogens with two attached hydrogens (primary N) is 1. The van der Waals surface area contributed by atoms with Gasteiger partial charge in [0, 0.05) is 5.39 Å². The standard InChI is InChI=1S/C23H20N2O3/c1-23(24,22(26)27)18-9-6-17-13-20(11-8-16(17)12-18)28-14-19-10-7-15-4-2-3-5-21(15)25-19/h2-13H,14,24H2,1H3,(H,26,27)/t23-/m1/s1. The second-order valence-electron chi connectivity index (χ2n) is 7.02. The maximum Gasteiger partial charge on any atom is 0.328 e. The highest BCUT2D eigenvalue weighted by Gasteiger charge is 2.30. The average Bonchev–Trinajstić information content (AvgIpc) is 2.71. The lowest BCUT2D eigenvalue weighted by atomic mass is 9.91. The fraction of sp³-hybridized carbons (Fsp3) is 0.130. The van der Waals surface area contributed by atoms with E-state index in [1.54, 1.807) is 12.1 Å². The van der Waals surface area contributed by atoms with Gasteiger partial charge in [-0.25, -0.2) is 9.78 Å². The molecule has 4 aromatic rings. The van der Waals surface area contributed by atoms with Crippen LogP contribution < -0.4 is 10.5 Å². The van der Waals surface area contributed by atoms with Gasteiger partial charge in [-0.05, 0) is 53.6 Å². The van der Waals surface area contributed by atoms with E-state index in [-0.39, 0.29) is 0 Å². The molecule has 140 valence electrons. The number of hydrogen-bond acceptors (Lipinski definition) is 4. The van der Waals surface area contributed by atoms with Crippen molar-refractivity contribution in [3.63, 3.8) is 0 Å². The summed E-state index contributed by atoms with van der Waals surface area (Å²) in [4.78, 5) is 16.0. The smallest absolute Gasteiger partial charge is 0.328 e. The highest BCUT2D eigenvalue weighted by Crippen LogP contribution is 2.27. The molecular weight excluding hydrogens is 352 g/mol. The Bertz CT molecular complexity index is 1180. The molecule has 0 amide bonds. The van der Waals surface area contributed by atoms with E-state index in [1.165, 1.54) is 6.92 Å². The van der Waals surface area contributed by atoms with Crippen molar-refractivity contribution in [3.05, 3.63) is 84.1 Å². The summed E-state index contributed by atoms with van der Waals surface area (Å²) < 4.78 is 5.90. The average molecular weight is 372 g/mol. The molecular formula is C23H20N2O3. The minimum Gasteiger partial charge on any atom is -0.487 e. The van der Waals surface area contributed by atoms with Crippen molar-refractivity contribution in [2.45, 2.75) is 19.1 Å². The minimum atomic E-state index is -1.43. The molecule has 0 aliphatic heterocycles. The first-order valence-electron chi connectivity index (χ1n) is 8.97. The second-order valence-corrected chi connectivity index (χ2v) is 7.02. The molecule has 0 saturated carbocycles. The molecule has 0 aliphatic carbocycles. The summed E-state index contributed by atoms with van der Waals surface area (Å²) in [6.45, 7) is 1.86. The first-order valence-corrected chi connectivity index (χ1v) is 8.97. The molecule has 3 aromatic carbocycles. The summed E-state index contributed by atoms with van der Waals surface area (Å²) in [5, 5.41) is 12.3. The van der Waals surface area contributed by atoms with Crippen molar-refractivity contribution in [1.82, 2.24) is 4.98 Å². The lowest BCUT2D eigenvalue weighted by Crippen LogP contribution is -2.41. The van der Waals surface area contributed by atoms with Crippen molar-refractivity contribution in [2.24, 2.45) is 5.73 Å². The number of aliphatic carboxylic acids is 1. The van der Waals surface area contributed by atoms with Crippen LogP contribution in [0.5, 0.6) is 5.75 Å². The summed E-state index contributed by atoms with van der Waals surface area (Å²) in [6, 6.07) is 23.1. The van der Waals surface area contributed by atoms with Gasteiger partial charge in [0.2, 0.25) is 0 Å². The number of nitrogens with zero attached hydrogens (tertiary/aromatic N) is 1. The Morgan fingerprint density at radius 3 is 2.54 bits per heavy atom. The summed E-state index contributed by atoms with van der Waals surface area (Å²) in [7, 11) is 0. The number of carboxylic acids is 1. The van der Waals surface area contributed by atoms with Gasteiger partial charge in [0.1, 0.15) is 17.9 Å². The van der Waals surface area contributed by atoms with E-state index in [1.807, 2.05) is 60.7 Å². The van der Waals surface area contributed by atoms with Gasteiger partial charge in [0.05, 0.1) is 11.2 Å². The number of carboxylic acid groups (broad SMARTS) is 1. The largest absolute Gasteiger partial charge is 0.487 e. The van der Waals surface area contributed by atoms with Gasteiger partial charge in [-0.15, -0.1) is 0 Å². The number of pyridine rings is 1.